The number of alkyl halides is 3. The van der Waals surface area contributed by atoms with Crippen LogP contribution in [0.25, 0.3) is 0 Å². The number of thioether (sulfide) groups is 1. The quantitative estimate of drug-likeness (QED) is 0.721. The second kappa shape index (κ2) is 7.99. The molecule has 1 aromatic carbocycles. The largest absolute Gasteiger partial charge is 0.446 e. The van der Waals surface area contributed by atoms with Gasteiger partial charge in [-0.3, -0.25) is 4.79 Å². The van der Waals surface area contributed by atoms with Crippen LogP contribution < -0.4 is 5.32 Å². The van der Waals surface area contributed by atoms with E-state index in [-0.39, 0.29) is 33.0 Å². The number of benzene rings is 1. The van der Waals surface area contributed by atoms with Crippen molar-refractivity contribution >= 4 is 39.0 Å². The maximum atomic E-state index is 12.3. The Kier molecular flexibility index (Phi) is 6.37. The fraction of sp³-hybridized carbons (Fsp3) is 0.267. The molecule has 1 N–H and O–H groups in total. The zero-order valence-electron chi connectivity index (χ0n) is 13.7. The highest BCUT2D eigenvalue weighted by Crippen LogP contribution is 2.36. The molecule has 0 atom stereocenters. The molecule has 26 heavy (non-hydrogen) atoms. The van der Waals surface area contributed by atoms with Crippen molar-refractivity contribution in [2.24, 2.45) is 0 Å². The molecule has 0 aliphatic rings. The van der Waals surface area contributed by atoms with Crippen molar-refractivity contribution in [3.05, 3.63) is 46.8 Å². The van der Waals surface area contributed by atoms with Crippen LogP contribution in [0.5, 0.6) is 0 Å². The first-order chi connectivity index (χ1) is 12.0. The molecule has 1 aromatic heterocycles. The summed E-state index contributed by atoms with van der Waals surface area (Å²) in [5, 5.41) is 2.61. The van der Waals surface area contributed by atoms with E-state index in [4.69, 9.17) is 0 Å². The van der Waals surface area contributed by atoms with Crippen LogP contribution in [0.4, 0.5) is 13.2 Å². The Morgan fingerprint density at radius 3 is 2.31 bits per heavy atom. The number of nitrogens with one attached hydrogen (secondary N) is 1. The van der Waals surface area contributed by atoms with Gasteiger partial charge >= 0.3 is 5.51 Å². The van der Waals surface area contributed by atoms with Gasteiger partial charge in [-0.15, -0.1) is 11.3 Å². The molecule has 0 radical (unpaired) electrons. The molecule has 0 aliphatic heterocycles. The maximum Gasteiger partial charge on any atom is 0.446 e. The summed E-state index contributed by atoms with van der Waals surface area (Å²) in [5.74, 6) is -0.459. The Morgan fingerprint density at radius 2 is 1.77 bits per heavy atom. The highest BCUT2D eigenvalue weighted by atomic mass is 32.2. The van der Waals surface area contributed by atoms with Crippen molar-refractivity contribution in [1.82, 2.24) is 9.62 Å². The van der Waals surface area contributed by atoms with E-state index in [1.807, 2.05) is 0 Å². The third-order valence-electron chi connectivity index (χ3n) is 3.15. The van der Waals surface area contributed by atoms with E-state index in [2.05, 4.69) is 5.32 Å². The smallest absolute Gasteiger partial charge is 0.347 e. The number of carbonyl (C=O) groups excluding carboxylic acids is 1. The number of sulfonamides is 1. The Morgan fingerprint density at radius 1 is 1.15 bits per heavy atom. The fourth-order valence-electron chi connectivity index (χ4n) is 1.85. The van der Waals surface area contributed by atoms with Gasteiger partial charge in [0, 0.05) is 29.4 Å². The van der Waals surface area contributed by atoms with Crippen LogP contribution in [0, 0.1) is 0 Å². The summed E-state index contributed by atoms with van der Waals surface area (Å²) in [6.45, 7) is 0.117. The molecule has 2 rings (SSSR count). The molecular weight excluding hydrogens is 409 g/mol. The molecule has 1 amide bonds. The molecule has 0 aliphatic carbocycles. The van der Waals surface area contributed by atoms with Gasteiger partial charge in [-0.05, 0) is 48.2 Å². The lowest BCUT2D eigenvalue weighted by atomic mass is 10.2. The molecule has 0 saturated carbocycles. The van der Waals surface area contributed by atoms with Crippen LogP contribution in [-0.4, -0.2) is 38.2 Å². The van der Waals surface area contributed by atoms with Crippen LogP contribution in [0.2, 0.25) is 0 Å². The van der Waals surface area contributed by atoms with Crippen molar-refractivity contribution < 1.29 is 26.4 Å². The van der Waals surface area contributed by atoms with E-state index in [0.717, 1.165) is 15.6 Å². The van der Waals surface area contributed by atoms with Gasteiger partial charge in [0.05, 0.1) is 6.54 Å². The molecule has 0 unspecified atom stereocenters. The highest BCUT2D eigenvalue weighted by molar-refractivity contribution is 8.00. The topological polar surface area (TPSA) is 66.5 Å². The van der Waals surface area contributed by atoms with Crippen molar-refractivity contribution in [2.45, 2.75) is 21.2 Å². The molecule has 0 bridgehead atoms. The van der Waals surface area contributed by atoms with Crippen molar-refractivity contribution in [3.8, 4) is 0 Å². The van der Waals surface area contributed by atoms with Crippen LogP contribution in [0.3, 0.4) is 0 Å². The number of hydrogen-bond acceptors (Lipinski definition) is 5. The zero-order chi connectivity index (χ0) is 19.5. The first-order valence-electron chi connectivity index (χ1n) is 7.14. The number of halogens is 3. The Balaban J connectivity index is 1.98. The maximum absolute atomic E-state index is 12.3. The summed E-state index contributed by atoms with van der Waals surface area (Å²) < 4.78 is 62.1. The van der Waals surface area contributed by atoms with Gasteiger partial charge in [0.15, 0.2) is 0 Å². The van der Waals surface area contributed by atoms with E-state index in [1.54, 1.807) is 6.07 Å². The SMILES string of the molecule is CN(C)S(=O)(=O)c1ccc(CNC(=O)c2ccc(SC(F)(F)F)cc2)s1. The number of nitrogens with zero attached hydrogens (tertiary/aromatic N) is 1. The molecule has 11 heteroatoms. The highest BCUT2D eigenvalue weighted by Gasteiger charge is 2.29. The predicted molar refractivity (Wildman–Crippen MR) is 94.7 cm³/mol. The Labute approximate surface area is 157 Å². The molecule has 0 saturated heterocycles. The lowest BCUT2D eigenvalue weighted by Crippen LogP contribution is -2.22. The third kappa shape index (κ3) is 5.47. The number of rotatable bonds is 6. The van der Waals surface area contributed by atoms with E-state index in [1.165, 1.54) is 44.4 Å². The average Bonchev–Trinajstić information content (AvgIpc) is 3.01. The summed E-state index contributed by atoms with van der Waals surface area (Å²) in [5.41, 5.74) is -4.16. The van der Waals surface area contributed by atoms with Crippen LogP contribution in [-0.2, 0) is 16.6 Å². The predicted octanol–water partition coefficient (Wildman–Crippen LogP) is 3.54. The molecular formula is C15H15F3N2O3S3. The second-order valence-electron chi connectivity index (χ2n) is 5.26. The molecule has 0 spiro atoms. The van der Waals surface area contributed by atoms with Gasteiger partial charge in [-0.25, -0.2) is 12.7 Å². The minimum atomic E-state index is -4.38. The van der Waals surface area contributed by atoms with Gasteiger partial charge < -0.3 is 5.32 Å². The van der Waals surface area contributed by atoms with Crippen molar-refractivity contribution in [2.75, 3.05) is 14.1 Å². The Hall–Kier alpha value is -1.56. The van der Waals surface area contributed by atoms with Crippen LogP contribution in [0.15, 0.2) is 45.5 Å². The van der Waals surface area contributed by atoms with Crippen molar-refractivity contribution in [1.29, 1.82) is 0 Å². The van der Waals surface area contributed by atoms with E-state index in [9.17, 15) is 26.4 Å². The molecule has 5 nitrogen and oxygen atoms in total. The first-order valence-corrected chi connectivity index (χ1v) is 10.2. The van der Waals surface area contributed by atoms with Gasteiger partial charge in [0.1, 0.15) is 4.21 Å². The third-order valence-corrected chi connectivity index (χ3v) is 7.25. The summed E-state index contributed by atoms with van der Waals surface area (Å²) in [6, 6.07) is 8.12. The summed E-state index contributed by atoms with van der Waals surface area (Å²) in [6.07, 6.45) is 0. The number of amides is 1. The monoisotopic (exact) mass is 424 g/mol. The molecule has 142 valence electrons. The normalized spacial score (nSPS) is 12.4. The lowest BCUT2D eigenvalue weighted by molar-refractivity contribution is -0.0328. The zero-order valence-corrected chi connectivity index (χ0v) is 16.2. The fourth-order valence-corrected chi connectivity index (χ4v) is 4.85. The van der Waals surface area contributed by atoms with Gasteiger partial charge in [0.25, 0.3) is 15.9 Å². The van der Waals surface area contributed by atoms with E-state index in [0.29, 0.717) is 4.88 Å². The average molecular weight is 424 g/mol. The second-order valence-corrected chi connectivity index (χ2v) is 9.95. The van der Waals surface area contributed by atoms with Crippen molar-refractivity contribution in [3.63, 3.8) is 0 Å². The molecule has 1 heterocycles. The number of hydrogen-bond donors (Lipinski definition) is 1. The Bertz CT molecular complexity index is 876. The number of carbonyl (C=O) groups is 1. The minimum Gasteiger partial charge on any atom is -0.347 e. The minimum absolute atomic E-state index is 0.00848. The van der Waals surface area contributed by atoms with E-state index >= 15 is 0 Å². The molecule has 2 aromatic rings. The molecule has 0 fully saturated rings. The lowest BCUT2D eigenvalue weighted by Gasteiger charge is -2.08. The van der Waals surface area contributed by atoms with Gasteiger partial charge in [-0.2, -0.15) is 13.2 Å². The summed E-state index contributed by atoms with van der Waals surface area (Å²) in [4.78, 5) is 12.7. The van der Waals surface area contributed by atoms with Gasteiger partial charge in [0.2, 0.25) is 0 Å². The van der Waals surface area contributed by atoms with E-state index < -0.39 is 21.4 Å². The first kappa shape index (κ1) is 20.7. The van der Waals surface area contributed by atoms with Crippen LogP contribution in [0.1, 0.15) is 15.2 Å². The van der Waals surface area contributed by atoms with Crippen LogP contribution >= 0.6 is 23.1 Å². The standard InChI is InChI=1S/C15H15F3N2O3S3/c1-20(2)26(22,23)13-8-7-12(24-13)9-19-14(21)10-3-5-11(6-4-10)25-15(16,17)18/h3-8H,9H2,1-2H3,(H,19,21). The summed E-state index contributed by atoms with van der Waals surface area (Å²) in [7, 11) is -0.666. The number of thiophene rings is 1. The van der Waals surface area contributed by atoms with Gasteiger partial charge in [-0.1, -0.05) is 0 Å². The summed E-state index contributed by atoms with van der Waals surface area (Å²) >= 11 is 0.789.